The van der Waals surface area contributed by atoms with Crippen LogP contribution >= 0.6 is 11.8 Å². The van der Waals surface area contributed by atoms with E-state index in [0.29, 0.717) is 47.4 Å². The summed E-state index contributed by atoms with van der Waals surface area (Å²) in [5.41, 5.74) is 8.29. The van der Waals surface area contributed by atoms with E-state index in [9.17, 15) is 9.59 Å². The second-order valence-electron chi connectivity index (χ2n) is 8.28. The molecule has 1 aromatic carbocycles. The number of nitrogens with one attached hydrogen (secondary N) is 1. The Kier molecular flexibility index (Phi) is 6.35. The molecule has 5 rings (SSSR count). The topological polar surface area (TPSA) is 133 Å². The molecule has 3 aromatic rings. The summed E-state index contributed by atoms with van der Waals surface area (Å²) in [5.74, 6) is 0.856. The summed E-state index contributed by atoms with van der Waals surface area (Å²) < 4.78 is 17.5. The minimum absolute atomic E-state index is 0.178. The Bertz CT molecular complexity index is 1320. The number of carbonyl (C=O) groups excluding carboxylic acids is 1. The highest BCUT2D eigenvalue weighted by atomic mass is 32.2. The van der Waals surface area contributed by atoms with Gasteiger partial charge in [0, 0.05) is 58.3 Å². The second kappa shape index (κ2) is 9.59. The van der Waals surface area contributed by atoms with Crippen molar-refractivity contribution >= 4 is 23.6 Å². The molecule has 0 saturated carbocycles. The molecule has 2 aliphatic rings. The Hall–Kier alpha value is -3.57. The Morgan fingerprint density at radius 1 is 1.20 bits per heavy atom. The summed E-state index contributed by atoms with van der Waals surface area (Å²) in [7, 11) is 0. The highest BCUT2D eigenvalue weighted by molar-refractivity contribution is 7.98. The number of hydrogen-bond donors (Lipinski definition) is 2. The number of carbonyl (C=O) groups is 1. The van der Waals surface area contributed by atoms with Crippen molar-refractivity contribution in [2.75, 3.05) is 37.5 Å². The van der Waals surface area contributed by atoms with Crippen molar-refractivity contribution in [1.82, 2.24) is 15.0 Å². The molecule has 1 amide bonds. The number of aromatic amines is 1. The number of thioether (sulfide) groups is 1. The number of ether oxygens (including phenoxy) is 3. The van der Waals surface area contributed by atoms with Gasteiger partial charge in [0.2, 0.25) is 18.1 Å². The van der Waals surface area contributed by atoms with E-state index in [1.807, 2.05) is 19.2 Å². The van der Waals surface area contributed by atoms with Crippen LogP contribution < -0.4 is 25.7 Å². The molecule has 2 aromatic heterocycles. The van der Waals surface area contributed by atoms with Crippen molar-refractivity contribution in [2.45, 2.75) is 24.5 Å². The molecule has 182 valence electrons. The third-order valence-electron chi connectivity index (χ3n) is 5.91. The average molecular weight is 496 g/mol. The van der Waals surface area contributed by atoms with Crippen molar-refractivity contribution < 1.29 is 19.0 Å². The van der Waals surface area contributed by atoms with Crippen LogP contribution in [-0.4, -0.2) is 59.7 Å². The van der Waals surface area contributed by atoms with E-state index in [-0.39, 0.29) is 17.5 Å². The summed E-state index contributed by atoms with van der Waals surface area (Å²) in [6.45, 7) is 4.55. The van der Waals surface area contributed by atoms with Gasteiger partial charge in [-0.25, -0.2) is 9.97 Å². The average Bonchev–Trinajstić information content (AvgIpc) is 3.28. The number of fused-ring (bicyclic) bond motifs is 1. The zero-order valence-electron chi connectivity index (χ0n) is 19.4. The van der Waals surface area contributed by atoms with Gasteiger partial charge in [-0.05, 0) is 31.4 Å². The second-order valence-corrected chi connectivity index (χ2v) is 9.13. The van der Waals surface area contributed by atoms with Crippen molar-refractivity contribution in [2.24, 2.45) is 5.73 Å². The molecule has 0 aliphatic carbocycles. The maximum Gasteiger partial charge on any atom is 0.252 e. The molecular formula is C24H25N5O5S. The van der Waals surface area contributed by atoms with E-state index < -0.39 is 12.2 Å². The molecule has 1 atom stereocenters. The number of pyridine rings is 1. The molecule has 1 unspecified atom stereocenters. The molecule has 0 bridgehead atoms. The molecule has 0 radical (unpaired) electrons. The van der Waals surface area contributed by atoms with Crippen LogP contribution in [0.15, 0.2) is 40.3 Å². The number of amides is 1. The SMILES string of the molecule is CSc1cc(C)[nH]c(=O)c1CC1Oc2cc(C(N)=O)cc(-c3cnc(N4CCOCC4)nc3)c2O1. The minimum Gasteiger partial charge on any atom is -0.451 e. The van der Waals surface area contributed by atoms with Crippen LogP contribution in [0.25, 0.3) is 11.1 Å². The zero-order chi connectivity index (χ0) is 24.5. The molecule has 1 saturated heterocycles. The van der Waals surface area contributed by atoms with Gasteiger partial charge in [-0.15, -0.1) is 11.8 Å². The molecule has 3 N–H and O–H groups in total. The van der Waals surface area contributed by atoms with Crippen LogP contribution in [0.4, 0.5) is 5.95 Å². The predicted octanol–water partition coefficient (Wildman–Crippen LogP) is 2.14. The fourth-order valence-electron chi connectivity index (χ4n) is 4.16. The number of nitrogens with two attached hydrogens (primary N) is 1. The highest BCUT2D eigenvalue weighted by Gasteiger charge is 2.31. The molecule has 4 heterocycles. The van der Waals surface area contributed by atoms with E-state index >= 15 is 0 Å². The third-order valence-corrected chi connectivity index (χ3v) is 6.71. The number of morpholine rings is 1. The van der Waals surface area contributed by atoms with E-state index in [1.165, 1.54) is 11.8 Å². The smallest absolute Gasteiger partial charge is 0.252 e. The molecule has 10 nitrogen and oxygen atoms in total. The number of rotatable bonds is 6. The Morgan fingerprint density at radius 3 is 2.63 bits per heavy atom. The summed E-state index contributed by atoms with van der Waals surface area (Å²) in [6, 6.07) is 5.12. The van der Waals surface area contributed by atoms with Crippen LogP contribution in [0.3, 0.4) is 0 Å². The fourth-order valence-corrected chi connectivity index (χ4v) is 4.88. The summed E-state index contributed by atoms with van der Waals surface area (Å²) >= 11 is 1.49. The number of aromatic nitrogens is 3. The molecule has 11 heteroatoms. The lowest BCUT2D eigenvalue weighted by Crippen LogP contribution is -2.37. The predicted molar refractivity (Wildman–Crippen MR) is 131 cm³/mol. The van der Waals surface area contributed by atoms with Gasteiger partial charge in [-0.3, -0.25) is 9.59 Å². The number of benzene rings is 1. The van der Waals surface area contributed by atoms with Gasteiger partial charge in [0.1, 0.15) is 0 Å². The van der Waals surface area contributed by atoms with Gasteiger partial charge in [0.25, 0.3) is 5.56 Å². The first-order valence-corrected chi connectivity index (χ1v) is 12.4. The molecule has 1 fully saturated rings. The van der Waals surface area contributed by atoms with Crippen molar-refractivity contribution in [3.05, 3.63) is 57.8 Å². The maximum absolute atomic E-state index is 12.6. The van der Waals surface area contributed by atoms with Gasteiger partial charge in [-0.1, -0.05) is 0 Å². The van der Waals surface area contributed by atoms with Crippen LogP contribution in [-0.2, 0) is 11.2 Å². The molecule has 0 spiro atoms. The van der Waals surface area contributed by atoms with Crippen molar-refractivity contribution in [1.29, 1.82) is 0 Å². The summed E-state index contributed by atoms with van der Waals surface area (Å²) in [5, 5.41) is 0. The quantitative estimate of drug-likeness (QED) is 0.494. The van der Waals surface area contributed by atoms with Crippen LogP contribution in [0.1, 0.15) is 21.6 Å². The van der Waals surface area contributed by atoms with Gasteiger partial charge in [0.05, 0.1) is 19.6 Å². The van der Waals surface area contributed by atoms with Crippen LogP contribution in [0.5, 0.6) is 11.5 Å². The third kappa shape index (κ3) is 4.69. The molecular weight excluding hydrogens is 470 g/mol. The lowest BCUT2D eigenvalue weighted by Gasteiger charge is -2.26. The number of aryl methyl sites for hydroxylation is 1. The number of hydrogen-bond acceptors (Lipinski definition) is 9. The first kappa shape index (κ1) is 23.2. The van der Waals surface area contributed by atoms with Crippen molar-refractivity contribution in [3.63, 3.8) is 0 Å². The van der Waals surface area contributed by atoms with E-state index in [4.69, 9.17) is 19.9 Å². The van der Waals surface area contributed by atoms with Gasteiger partial charge in [-0.2, -0.15) is 0 Å². The lowest BCUT2D eigenvalue weighted by molar-refractivity contribution is 0.0496. The Morgan fingerprint density at radius 2 is 1.94 bits per heavy atom. The van der Waals surface area contributed by atoms with Gasteiger partial charge < -0.3 is 29.8 Å². The molecule has 35 heavy (non-hydrogen) atoms. The minimum atomic E-state index is -0.741. The first-order chi connectivity index (χ1) is 16.9. The van der Waals surface area contributed by atoms with E-state index in [1.54, 1.807) is 24.5 Å². The lowest BCUT2D eigenvalue weighted by atomic mass is 10.0. The largest absolute Gasteiger partial charge is 0.451 e. The number of H-pyrrole nitrogens is 1. The zero-order valence-corrected chi connectivity index (χ0v) is 20.2. The number of primary amides is 1. The molecule has 2 aliphatic heterocycles. The van der Waals surface area contributed by atoms with Crippen LogP contribution in [0.2, 0.25) is 0 Å². The standard InChI is InChI=1S/C24H25N5O5S/c1-13-7-19(35-2)17(23(31)28-13)10-20-33-18-9-14(22(25)30)8-16(21(18)34-20)15-11-26-24(27-12-15)29-3-5-32-6-4-29/h7-9,11-12,20H,3-6,10H2,1-2H3,(H2,25,30)(H,28,31). The Labute approximate surface area is 205 Å². The Balaban J connectivity index is 1.46. The maximum atomic E-state index is 12.6. The van der Waals surface area contributed by atoms with E-state index in [0.717, 1.165) is 23.7 Å². The summed E-state index contributed by atoms with van der Waals surface area (Å²) in [4.78, 5) is 39.4. The normalized spacial score (nSPS) is 17.0. The van der Waals surface area contributed by atoms with Crippen LogP contribution in [0, 0.1) is 6.92 Å². The van der Waals surface area contributed by atoms with Crippen molar-refractivity contribution in [3.8, 4) is 22.6 Å². The monoisotopic (exact) mass is 495 g/mol. The van der Waals surface area contributed by atoms with Gasteiger partial charge in [0.15, 0.2) is 11.5 Å². The number of anilines is 1. The number of nitrogens with zero attached hydrogens (tertiary/aromatic N) is 3. The fraction of sp³-hybridized carbons (Fsp3) is 0.333. The highest BCUT2D eigenvalue weighted by Crippen LogP contribution is 2.44. The summed E-state index contributed by atoms with van der Waals surface area (Å²) in [6.07, 6.45) is 4.78. The first-order valence-electron chi connectivity index (χ1n) is 11.2. The van der Waals surface area contributed by atoms with E-state index in [2.05, 4.69) is 19.9 Å². The van der Waals surface area contributed by atoms with Gasteiger partial charge >= 0.3 is 0 Å².